The monoisotopic (exact) mass is 307 g/mol. The second-order valence-corrected chi connectivity index (χ2v) is 5.68. The van der Waals surface area contributed by atoms with Crippen LogP contribution in [-0.2, 0) is 13.6 Å². The first kappa shape index (κ1) is 14.5. The standard InChI is InChI=1S/C13H17N5O4/c1-16-10-9(6-15-16)11(19)18(8-14-10)7-13(22)2-4-17(5-3-13)12(20)21/h6,8,22H,2-5,7H2,1H3,(H,20,21). The van der Waals surface area contributed by atoms with Crippen LogP contribution in [0.1, 0.15) is 12.8 Å². The topological polar surface area (TPSA) is 113 Å². The van der Waals surface area contributed by atoms with Crippen molar-refractivity contribution in [2.75, 3.05) is 13.1 Å². The lowest BCUT2D eigenvalue weighted by Gasteiger charge is -2.37. The van der Waals surface area contributed by atoms with Crippen LogP contribution in [0.25, 0.3) is 11.0 Å². The van der Waals surface area contributed by atoms with Gasteiger partial charge in [0, 0.05) is 20.1 Å². The number of nitrogens with zero attached hydrogens (tertiary/aromatic N) is 5. The molecule has 9 heteroatoms. The molecule has 0 atom stereocenters. The second kappa shape index (κ2) is 5.09. The van der Waals surface area contributed by atoms with E-state index in [1.807, 2.05) is 0 Å². The summed E-state index contributed by atoms with van der Waals surface area (Å²) in [5.74, 6) is 0. The summed E-state index contributed by atoms with van der Waals surface area (Å²) in [5, 5.41) is 23.9. The van der Waals surface area contributed by atoms with Gasteiger partial charge in [-0.05, 0) is 12.8 Å². The molecular formula is C13H17N5O4. The summed E-state index contributed by atoms with van der Waals surface area (Å²) < 4.78 is 2.88. The highest BCUT2D eigenvalue weighted by Crippen LogP contribution is 2.23. The van der Waals surface area contributed by atoms with Gasteiger partial charge in [0.1, 0.15) is 11.7 Å². The summed E-state index contributed by atoms with van der Waals surface area (Å²) in [6.45, 7) is 0.601. The highest BCUT2D eigenvalue weighted by atomic mass is 16.4. The van der Waals surface area contributed by atoms with Crippen molar-refractivity contribution in [2.24, 2.45) is 7.05 Å². The molecule has 1 amide bonds. The zero-order valence-electron chi connectivity index (χ0n) is 12.1. The molecular weight excluding hydrogens is 290 g/mol. The molecule has 2 aromatic rings. The van der Waals surface area contributed by atoms with Crippen LogP contribution in [-0.4, -0.2) is 59.2 Å². The molecule has 1 saturated heterocycles. The van der Waals surface area contributed by atoms with Gasteiger partial charge in [-0.15, -0.1) is 0 Å². The van der Waals surface area contributed by atoms with Crippen LogP contribution < -0.4 is 5.56 Å². The van der Waals surface area contributed by atoms with E-state index in [0.29, 0.717) is 11.0 Å². The number of carboxylic acid groups (broad SMARTS) is 1. The molecule has 1 aliphatic rings. The molecule has 1 fully saturated rings. The fourth-order valence-corrected chi connectivity index (χ4v) is 2.77. The molecule has 3 rings (SSSR count). The Kier molecular flexibility index (Phi) is 3.36. The van der Waals surface area contributed by atoms with Gasteiger partial charge in [-0.2, -0.15) is 5.10 Å². The third kappa shape index (κ3) is 2.43. The lowest BCUT2D eigenvalue weighted by atomic mass is 9.91. The largest absolute Gasteiger partial charge is 0.465 e. The average molecular weight is 307 g/mol. The van der Waals surface area contributed by atoms with Gasteiger partial charge in [0.05, 0.1) is 18.3 Å². The average Bonchev–Trinajstić information content (AvgIpc) is 2.84. The molecule has 2 N–H and O–H groups in total. The van der Waals surface area contributed by atoms with E-state index in [2.05, 4.69) is 10.1 Å². The number of aliphatic hydroxyl groups is 1. The number of aromatic nitrogens is 4. The van der Waals surface area contributed by atoms with Gasteiger partial charge in [-0.3, -0.25) is 14.0 Å². The predicted octanol–water partition coefficient (Wildman–Crippen LogP) is -0.365. The summed E-state index contributed by atoms with van der Waals surface area (Å²) in [6, 6.07) is 0. The van der Waals surface area contributed by atoms with E-state index >= 15 is 0 Å². The number of carbonyl (C=O) groups is 1. The Morgan fingerprint density at radius 1 is 1.41 bits per heavy atom. The van der Waals surface area contributed by atoms with Crippen LogP contribution in [0.3, 0.4) is 0 Å². The maximum Gasteiger partial charge on any atom is 0.407 e. The number of likely N-dealkylation sites (tertiary alicyclic amines) is 1. The fourth-order valence-electron chi connectivity index (χ4n) is 2.77. The van der Waals surface area contributed by atoms with E-state index < -0.39 is 11.7 Å². The molecule has 118 valence electrons. The SMILES string of the molecule is Cn1ncc2c(=O)n(CC3(O)CCN(C(=O)O)CC3)cnc21. The molecule has 0 radical (unpaired) electrons. The Labute approximate surface area is 125 Å². The normalized spacial score (nSPS) is 17.8. The van der Waals surface area contributed by atoms with Crippen molar-refractivity contribution < 1.29 is 15.0 Å². The van der Waals surface area contributed by atoms with Crippen molar-refractivity contribution >= 4 is 17.1 Å². The minimum absolute atomic E-state index is 0.0944. The molecule has 0 spiro atoms. The third-order valence-electron chi connectivity index (χ3n) is 4.15. The Balaban J connectivity index is 1.83. The molecule has 22 heavy (non-hydrogen) atoms. The number of amides is 1. The molecule has 0 unspecified atom stereocenters. The first-order chi connectivity index (χ1) is 10.4. The lowest BCUT2D eigenvalue weighted by molar-refractivity contribution is -0.0303. The predicted molar refractivity (Wildman–Crippen MR) is 76.6 cm³/mol. The summed E-state index contributed by atoms with van der Waals surface area (Å²) in [7, 11) is 1.70. The highest BCUT2D eigenvalue weighted by Gasteiger charge is 2.34. The summed E-state index contributed by atoms with van der Waals surface area (Å²) in [6.07, 6.45) is 2.44. The maximum absolute atomic E-state index is 12.4. The Morgan fingerprint density at radius 2 is 2.09 bits per heavy atom. The second-order valence-electron chi connectivity index (χ2n) is 5.68. The number of rotatable bonds is 2. The van der Waals surface area contributed by atoms with E-state index in [4.69, 9.17) is 5.11 Å². The summed E-state index contributed by atoms with van der Waals surface area (Å²) in [4.78, 5) is 28.7. The number of hydrogen-bond donors (Lipinski definition) is 2. The molecule has 0 bridgehead atoms. The van der Waals surface area contributed by atoms with E-state index in [0.717, 1.165) is 0 Å². The number of fused-ring (bicyclic) bond motifs is 1. The lowest BCUT2D eigenvalue weighted by Crippen LogP contribution is -2.49. The minimum Gasteiger partial charge on any atom is -0.465 e. The fraction of sp³-hybridized carbons (Fsp3) is 0.538. The summed E-state index contributed by atoms with van der Waals surface area (Å²) in [5.41, 5.74) is -0.867. The van der Waals surface area contributed by atoms with E-state index in [-0.39, 0.29) is 38.0 Å². The van der Waals surface area contributed by atoms with Crippen molar-refractivity contribution in [3.63, 3.8) is 0 Å². The third-order valence-corrected chi connectivity index (χ3v) is 4.15. The van der Waals surface area contributed by atoms with E-state index in [1.165, 1.54) is 26.7 Å². The van der Waals surface area contributed by atoms with Crippen LogP contribution >= 0.6 is 0 Å². The van der Waals surface area contributed by atoms with Crippen molar-refractivity contribution in [3.05, 3.63) is 22.9 Å². The molecule has 0 aromatic carbocycles. The van der Waals surface area contributed by atoms with Gasteiger partial charge in [-0.25, -0.2) is 9.78 Å². The Hall–Kier alpha value is -2.42. The van der Waals surface area contributed by atoms with Crippen LogP contribution in [0.15, 0.2) is 17.3 Å². The van der Waals surface area contributed by atoms with Gasteiger partial charge in [0.25, 0.3) is 5.56 Å². The van der Waals surface area contributed by atoms with Crippen molar-refractivity contribution in [1.82, 2.24) is 24.2 Å². The van der Waals surface area contributed by atoms with Crippen molar-refractivity contribution in [2.45, 2.75) is 25.0 Å². The first-order valence-corrected chi connectivity index (χ1v) is 6.97. The van der Waals surface area contributed by atoms with Gasteiger partial charge in [0.2, 0.25) is 0 Å². The van der Waals surface area contributed by atoms with E-state index in [1.54, 1.807) is 7.05 Å². The molecule has 1 aliphatic heterocycles. The molecule has 0 saturated carbocycles. The van der Waals surface area contributed by atoms with Gasteiger partial charge in [-0.1, -0.05) is 0 Å². The Bertz CT molecular complexity index is 772. The van der Waals surface area contributed by atoms with Crippen LogP contribution in [0.4, 0.5) is 4.79 Å². The van der Waals surface area contributed by atoms with Gasteiger partial charge >= 0.3 is 6.09 Å². The highest BCUT2D eigenvalue weighted by molar-refractivity contribution is 5.72. The summed E-state index contributed by atoms with van der Waals surface area (Å²) >= 11 is 0. The quantitative estimate of drug-likeness (QED) is 0.783. The zero-order valence-corrected chi connectivity index (χ0v) is 12.1. The first-order valence-electron chi connectivity index (χ1n) is 6.97. The molecule has 9 nitrogen and oxygen atoms in total. The molecule has 0 aliphatic carbocycles. The Morgan fingerprint density at radius 3 is 2.73 bits per heavy atom. The number of aryl methyl sites for hydroxylation is 1. The van der Waals surface area contributed by atoms with Gasteiger partial charge < -0.3 is 15.1 Å². The van der Waals surface area contributed by atoms with Crippen LogP contribution in [0.2, 0.25) is 0 Å². The van der Waals surface area contributed by atoms with E-state index in [9.17, 15) is 14.7 Å². The zero-order chi connectivity index (χ0) is 15.9. The molecule has 3 heterocycles. The number of piperidine rings is 1. The maximum atomic E-state index is 12.4. The smallest absolute Gasteiger partial charge is 0.407 e. The van der Waals surface area contributed by atoms with Crippen LogP contribution in [0.5, 0.6) is 0 Å². The van der Waals surface area contributed by atoms with Crippen LogP contribution in [0, 0.1) is 0 Å². The van der Waals surface area contributed by atoms with Crippen molar-refractivity contribution in [1.29, 1.82) is 0 Å². The minimum atomic E-state index is -1.10. The molecule has 2 aromatic heterocycles. The number of hydrogen-bond acceptors (Lipinski definition) is 5. The van der Waals surface area contributed by atoms with Crippen molar-refractivity contribution in [3.8, 4) is 0 Å². The van der Waals surface area contributed by atoms with Gasteiger partial charge in [0.15, 0.2) is 5.65 Å².